The average molecular weight is 277 g/mol. The third-order valence-electron chi connectivity index (χ3n) is 1.66. The molecule has 0 saturated carbocycles. The van der Waals surface area contributed by atoms with Crippen LogP contribution in [0.2, 0.25) is 0 Å². The molecule has 0 unspecified atom stereocenters. The van der Waals surface area contributed by atoms with Gasteiger partial charge in [0.15, 0.2) is 11.4 Å². The molecule has 1 aromatic rings. The molecule has 102 valence electrons. The molecule has 0 aliphatic rings. The van der Waals surface area contributed by atoms with Crippen molar-refractivity contribution in [1.29, 1.82) is 0 Å². The van der Waals surface area contributed by atoms with Crippen molar-refractivity contribution in [2.24, 2.45) is 0 Å². The first-order valence-electron chi connectivity index (χ1n) is 4.15. The van der Waals surface area contributed by atoms with Crippen molar-refractivity contribution in [2.45, 2.75) is 12.5 Å². The Hall–Kier alpha value is -1.87. The van der Waals surface area contributed by atoms with Crippen LogP contribution in [0, 0.1) is 0 Å². The van der Waals surface area contributed by atoms with E-state index in [9.17, 15) is 26.3 Å². The molecule has 18 heavy (non-hydrogen) atoms. The zero-order valence-corrected chi connectivity index (χ0v) is 8.56. The molecule has 0 amide bonds. The van der Waals surface area contributed by atoms with E-state index in [2.05, 4.69) is 14.5 Å². The number of nitrogens with zero attached hydrogens (tertiary/aromatic N) is 1. The fraction of sp³-hybridized carbons (Fsp3) is 0.375. The van der Waals surface area contributed by atoms with Crippen molar-refractivity contribution < 1.29 is 40.9 Å². The lowest BCUT2D eigenvalue weighted by molar-refractivity contribution is -0.277. The lowest BCUT2D eigenvalue weighted by Crippen LogP contribution is -2.21. The number of ether oxygens (including phenoxy) is 2. The van der Waals surface area contributed by atoms with Gasteiger partial charge in [0.05, 0.1) is 13.3 Å². The molecule has 0 saturated heterocycles. The van der Waals surface area contributed by atoms with Gasteiger partial charge < -0.3 is 14.6 Å². The van der Waals surface area contributed by atoms with Gasteiger partial charge in [-0.25, -0.2) is 4.98 Å². The zero-order chi connectivity index (χ0) is 14.1. The highest BCUT2D eigenvalue weighted by molar-refractivity contribution is 5.52. The van der Waals surface area contributed by atoms with Gasteiger partial charge in [0.2, 0.25) is 11.5 Å². The van der Waals surface area contributed by atoms with Crippen LogP contribution in [0.25, 0.3) is 0 Å². The summed E-state index contributed by atoms with van der Waals surface area (Å²) in [4.78, 5) is 2.66. The Morgan fingerprint density at radius 2 is 1.67 bits per heavy atom. The molecule has 0 aliphatic carbocycles. The zero-order valence-electron chi connectivity index (χ0n) is 8.56. The first-order valence-corrected chi connectivity index (χ1v) is 4.15. The number of hydrogen-bond donors (Lipinski definition) is 1. The van der Waals surface area contributed by atoms with Gasteiger partial charge in [-0.2, -0.15) is 13.2 Å². The molecule has 1 aromatic heterocycles. The van der Waals surface area contributed by atoms with Crippen LogP contribution in [-0.2, 0) is 6.18 Å². The molecule has 0 aromatic carbocycles. The molecule has 4 nitrogen and oxygen atoms in total. The van der Waals surface area contributed by atoms with E-state index in [4.69, 9.17) is 5.11 Å². The summed E-state index contributed by atoms with van der Waals surface area (Å²) >= 11 is 0. The molecular formula is C8H5F6NO3. The van der Waals surface area contributed by atoms with Crippen molar-refractivity contribution in [3.63, 3.8) is 0 Å². The van der Waals surface area contributed by atoms with Crippen LogP contribution in [0.5, 0.6) is 17.2 Å². The van der Waals surface area contributed by atoms with E-state index in [1.807, 2.05) is 0 Å². The minimum Gasteiger partial charge on any atom is -0.503 e. The molecule has 1 heterocycles. The Kier molecular flexibility index (Phi) is 3.49. The quantitative estimate of drug-likeness (QED) is 0.844. The van der Waals surface area contributed by atoms with Crippen LogP contribution in [0.3, 0.4) is 0 Å². The molecule has 0 fully saturated rings. The summed E-state index contributed by atoms with van der Waals surface area (Å²) in [6, 6.07) is 0. The second-order valence-corrected chi connectivity index (χ2v) is 2.90. The molecule has 1 N–H and O–H groups in total. The summed E-state index contributed by atoms with van der Waals surface area (Å²) < 4.78 is 80.7. The lowest BCUT2D eigenvalue weighted by Gasteiger charge is -2.17. The van der Waals surface area contributed by atoms with Gasteiger partial charge in [0, 0.05) is 0 Å². The van der Waals surface area contributed by atoms with Crippen LogP contribution in [0.4, 0.5) is 26.3 Å². The number of hydrogen-bond acceptors (Lipinski definition) is 4. The number of aromatic hydroxyl groups is 1. The second kappa shape index (κ2) is 4.42. The van der Waals surface area contributed by atoms with Crippen LogP contribution < -0.4 is 9.47 Å². The highest BCUT2D eigenvalue weighted by Gasteiger charge is 2.43. The molecule has 0 aliphatic heterocycles. The Bertz CT molecular complexity index is 442. The molecule has 0 atom stereocenters. The first kappa shape index (κ1) is 14.2. The van der Waals surface area contributed by atoms with Crippen molar-refractivity contribution in [3.8, 4) is 17.2 Å². The summed E-state index contributed by atoms with van der Waals surface area (Å²) in [5.41, 5.74) is -1.95. The van der Waals surface area contributed by atoms with E-state index in [-0.39, 0.29) is 0 Å². The fourth-order valence-corrected chi connectivity index (χ4v) is 1.08. The average Bonchev–Trinajstić information content (AvgIpc) is 2.13. The lowest BCUT2D eigenvalue weighted by atomic mass is 10.3. The maximum absolute atomic E-state index is 12.4. The molecule has 0 spiro atoms. The number of halogens is 6. The number of pyridine rings is 1. The summed E-state index contributed by atoms with van der Waals surface area (Å²) in [5, 5.41) is 9.08. The van der Waals surface area contributed by atoms with Crippen LogP contribution in [-0.4, -0.2) is 23.6 Å². The smallest absolute Gasteiger partial charge is 0.503 e. The molecule has 0 radical (unpaired) electrons. The third kappa shape index (κ3) is 3.08. The molecule has 1 rings (SSSR count). The van der Waals surface area contributed by atoms with Crippen molar-refractivity contribution in [2.75, 3.05) is 7.11 Å². The number of rotatable bonds is 2. The molecule has 0 bridgehead atoms. The number of aromatic nitrogens is 1. The predicted molar refractivity (Wildman–Crippen MR) is 44.1 cm³/mol. The summed E-state index contributed by atoms with van der Waals surface area (Å²) in [5.74, 6) is -3.85. The summed E-state index contributed by atoms with van der Waals surface area (Å²) in [6.45, 7) is 0. The third-order valence-corrected chi connectivity index (χ3v) is 1.66. The Labute approximate surface area is 95.8 Å². The van der Waals surface area contributed by atoms with Gasteiger partial charge in [-0.1, -0.05) is 0 Å². The van der Waals surface area contributed by atoms with Crippen LogP contribution in [0.15, 0.2) is 6.20 Å². The normalized spacial score (nSPS) is 12.4. The SMILES string of the molecule is COc1c(O)cnc(C(F)(F)F)c1OC(F)(F)F. The highest BCUT2D eigenvalue weighted by atomic mass is 19.4. The van der Waals surface area contributed by atoms with Gasteiger partial charge in [0.1, 0.15) is 0 Å². The summed E-state index contributed by atoms with van der Waals surface area (Å²) in [7, 11) is 0.776. The van der Waals surface area contributed by atoms with Crippen molar-refractivity contribution in [1.82, 2.24) is 4.98 Å². The Morgan fingerprint density at radius 3 is 2.06 bits per heavy atom. The van der Waals surface area contributed by atoms with Gasteiger partial charge >= 0.3 is 12.5 Å². The second-order valence-electron chi connectivity index (χ2n) is 2.90. The van der Waals surface area contributed by atoms with E-state index >= 15 is 0 Å². The van der Waals surface area contributed by atoms with E-state index in [1.54, 1.807) is 0 Å². The van der Waals surface area contributed by atoms with E-state index in [0.29, 0.717) is 6.20 Å². The van der Waals surface area contributed by atoms with Crippen LogP contribution in [0.1, 0.15) is 5.69 Å². The molecule has 10 heteroatoms. The van der Waals surface area contributed by atoms with Gasteiger partial charge in [-0.15, -0.1) is 13.2 Å². The van der Waals surface area contributed by atoms with Crippen molar-refractivity contribution in [3.05, 3.63) is 11.9 Å². The molecular weight excluding hydrogens is 272 g/mol. The highest BCUT2D eigenvalue weighted by Crippen LogP contribution is 2.46. The van der Waals surface area contributed by atoms with Crippen molar-refractivity contribution >= 4 is 0 Å². The maximum Gasteiger partial charge on any atom is 0.573 e. The van der Waals surface area contributed by atoms with E-state index in [1.165, 1.54) is 0 Å². The minimum atomic E-state index is -5.39. The van der Waals surface area contributed by atoms with E-state index < -0.39 is 35.5 Å². The van der Waals surface area contributed by atoms with E-state index in [0.717, 1.165) is 7.11 Å². The number of methoxy groups -OCH3 is 1. The topological polar surface area (TPSA) is 51.6 Å². The van der Waals surface area contributed by atoms with Gasteiger partial charge in [-0.3, -0.25) is 0 Å². The minimum absolute atomic E-state index is 0.310. The van der Waals surface area contributed by atoms with Gasteiger partial charge in [0.25, 0.3) is 0 Å². The largest absolute Gasteiger partial charge is 0.573 e. The Morgan fingerprint density at radius 1 is 1.11 bits per heavy atom. The Balaban J connectivity index is 3.45. The standard InChI is InChI=1S/C8H5F6NO3/c1-17-4-3(16)2-15-6(7(9,10)11)5(4)18-8(12,13)14/h2,16H,1H3. The maximum atomic E-state index is 12.4. The monoisotopic (exact) mass is 277 g/mol. The summed E-state index contributed by atoms with van der Waals surface area (Å²) in [6.07, 6.45) is -10.3. The fourth-order valence-electron chi connectivity index (χ4n) is 1.08. The van der Waals surface area contributed by atoms with Crippen LogP contribution >= 0.6 is 0 Å². The van der Waals surface area contributed by atoms with Gasteiger partial charge in [-0.05, 0) is 0 Å². The predicted octanol–water partition coefficient (Wildman–Crippen LogP) is 2.71. The first-order chi connectivity index (χ1) is 8.06. The number of alkyl halides is 6.